The van der Waals surface area contributed by atoms with E-state index in [4.69, 9.17) is 18.6 Å². The van der Waals surface area contributed by atoms with Gasteiger partial charge in [0.1, 0.15) is 17.4 Å². The van der Waals surface area contributed by atoms with E-state index in [1.165, 1.54) is 0 Å². The number of nitrogens with zero attached hydrogens (tertiary/aromatic N) is 3. The summed E-state index contributed by atoms with van der Waals surface area (Å²) < 4.78 is 35.8. The summed E-state index contributed by atoms with van der Waals surface area (Å²) in [5.74, 6) is 0. The van der Waals surface area contributed by atoms with Crippen LogP contribution in [0.3, 0.4) is 0 Å². The lowest BCUT2D eigenvalue weighted by molar-refractivity contribution is -2.00. The zero-order valence-corrected chi connectivity index (χ0v) is 9.07. The van der Waals surface area contributed by atoms with E-state index >= 15 is 0 Å². The van der Waals surface area contributed by atoms with Crippen molar-refractivity contribution in [2.75, 3.05) is 0 Å². The third-order valence-electron chi connectivity index (χ3n) is 1.18. The summed E-state index contributed by atoms with van der Waals surface area (Å²) in [6.45, 7) is 1.97. The Morgan fingerprint density at radius 2 is 1.93 bits per heavy atom. The van der Waals surface area contributed by atoms with Gasteiger partial charge in [0, 0.05) is 6.07 Å². The highest BCUT2D eigenvalue weighted by Crippen LogP contribution is 2.03. The summed E-state index contributed by atoms with van der Waals surface area (Å²) in [6, 6.07) is 1.87. The van der Waals surface area contributed by atoms with Crippen molar-refractivity contribution in [1.29, 1.82) is 0 Å². The largest absolute Gasteiger partial charge is 0.409 e. The van der Waals surface area contributed by atoms with Gasteiger partial charge in [-0.3, -0.25) is 0 Å². The number of halogens is 1. The SMILES string of the molecule is Cc1n[n+]2cccnc2s1.[O-][Cl+3]([O-])([O-])[O-]. The normalized spacial score (nSPS) is 11.0. The van der Waals surface area contributed by atoms with Gasteiger partial charge in [0.25, 0.3) is 0 Å². The van der Waals surface area contributed by atoms with Gasteiger partial charge in [0.2, 0.25) is 0 Å². The van der Waals surface area contributed by atoms with Crippen LogP contribution in [0.25, 0.3) is 4.96 Å². The maximum absolute atomic E-state index is 8.49. The molecule has 0 aliphatic carbocycles. The Kier molecular flexibility index (Phi) is 3.85. The maximum Gasteiger partial charge on any atom is 0.409 e. The molecule has 2 aromatic rings. The van der Waals surface area contributed by atoms with Crippen molar-refractivity contribution in [3.05, 3.63) is 23.5 Å². The van der Waals surface area contributed by atoms with Crippen LogP contribution in [0.2, 0.25) is 0 Å². The van der Waals surface area contributed by atoms with Crippen molar-refractivity contribution in [2.45, 2.75) is 6.92 Å². The topological polar surface area (TPSA) is 122 Å². The number of fused-ring (bicyclic) bond motifs is 1. The summed E-state index contributed by atoms with van der Waals surface area (Å²) in [7, 11) is -4.94. The van der Waals surface area contributed by atoms with Gasteiger partial charge in [0.15, 0.2) is 0 Å². The van der Waals surface area contributed by atoms with Crippen molar-refractivity contribution in [3.8, 4) is 0 Å². The molecule has 0 aromatic carbocycles. The highest BCUT2D eigenvalue weighted by Gasteiger charge is 2.05. The molecule has 0 amide bonds. The first-order valence-corrected chi connectivity index (χ1v) is 5.63. The minimum absolute atomic E-state index is 0.944. The van der Waals surface area contributed by atoms with Crippen LogP contribution in [0, 0.1) is 17.2 Å². The van der Waals surface area contributed by atoms with Crippen molar-refractivity contribution >= 4 is 16.3 Å². The lowest BCUT2D eigenvalue weighted by atomic mass is 10.7. The number of hydrogen-bond donors (Lipinski definition) is 0. The Labute approximate surface area is 90.6 Å². The van der Waals surface area contributed by atoms with Gasteiger partial charge in [-0.2, -0.15) is 0 Å². The van der Waals surface area contributed by atoms with Gasteiger partial charge >= 0.3 is 4.96 Å². The van der Waals surface area contributed by atoms with Crippen molar-refractivity contribution in [1.82, 2.24) is 10.1 Å². The number of hydrogen-bond acceptors (Lipinski definition) is 7. The highest BCUT2D eigenvalue weighted by atomic mass is 35.7. The molecule has 7 nitrogen and oxygen atoms in total. The Morgan fingerprint density at radius 3 is 2.47 bits per heavy atom. The minimum atomic E-state index is -4.94. The van der Waals surface area contributed by atoms with Gasteiger partial charge in [-0.25, -0.2) is 18.6 Å². The zero-order valence-electron chi connectivity index (χ0n) is 7.49. The number of rotatable bonds is 0. The zero-order chi connectivity index (χ0) is 11.5. The van der Waals surface area contributed by atoms with Crippen LogP contribution in [0.1, 0.15) is 5.01 Å². The predicted octanol–water partition coefficient (Wildman–Crippen LogP) is -4.17. The van der Waals surface area contributed by atoms with Gasteiger partial charge in [-0.05, 0) is 23.2 Å². The van der Waals surface area contributed by atoms with Crippen LogP contribution in [-0.2, 0) is 0 Å². The number of aromatic nitrogens is 3. The molecule has 2 rings (SSSR count). The molecule has 82 valence electrons. The van der Waals surface area contributed by atoms with E-state index in [1.807, 2.05) is 19.2 Å². The summed E-state index contributed by atoms with van der Waals surface area (Å²) in [5, 5.41) is 5.23. The van der Waals surface area contributed by atoms with Gasteiger partial charge in [0.05, 0.1) is 0 Å². The Balaban J connectivity index is 0.000000195. The van der Waals surface area contributed by atoms with Crippen LogP contribution >= 0.6 is 11.3 Å². The smallest absolute Gasteiger partial charge is 0.222 e. The van der Waals surface area contributed by atoms with E-state index in [0.29, 0.717) is 0 Å². The molecule has 2 heterocycles. The quantitative estimate of drug-likeness (QED) is 0.438. The monoisotopic (exact) mass is 251 g/mol. The second-order valence-corrected chi connectivity index (χ2v) is 4.26. The van der Waals surface area contributed by atoms with Gasteiger partial charge in [-0.1, -0.05) is 9.61 Å². The molecule has 2 aromatic heterocycles. The molecular weight excluding hydrogens is 246 g/mol. The Morgan fingerprint density at radius 1 is 1.33 bits per heavy atom. The van der Waals surface area contributed by atoms with Crippen LogP contribution in [-0.4, -0.2) is 10.1 Å². The molecule has 0 fully saturated rings. The second kappa shape index (κ2) is 4.75. The molecule has 0 bridgehead atoms. The van der Waals surface area contributed by atoms with E-state index in [1.54, 1.807) is 22.0 Å². The molecule has 9 heteroatoms. The summed E-state index contributed by atoms with van der Waals surface area (Å²) in [5.41, 5.74) is 0. The first-order chi connectivity index (χ1) is 6.86. The molecule has 0 saturated carbocycles. The molecule has 0 atom stereocenters. The van der Waals surface area contributed by atoms with E-state index in [9.17, 15) is 0 Å². The lowest BCUT2D eigenvalue weighted by Gasteiger charge is -2.17. The van der Waals surface area contributed by atoms with Crippen LogP contribution in [0.15, 0.2) is 18.5 Å². The third-order valence-corrected chi connectivity index (χ3v) is 2.03. The van der Waals surface area contributed by atoms with E-state index in [-0.39, 0.29) is 0 Å². The fourth-order valence-corrected chi connectivity index (χ4v) is 1.50. The standard InChI is InChI=1S/C6H6N3S.ClHO4/c1-5-8-9-4-2-3-7-6(9)10-5;2-1(3,4)5/h2-4H,1H3;(H,2,3,4,5)/q+1;/p-1. The van der Waals surface area contributed by atoms with E-state index in [2.05, 4.69) is 10.1 Å². The van der Waals surface area contributed by atoms with Crippen molar-refractivity contribution in [2.24, 2.45) is 0 Å². The lowest BCUT2D eigenvalue weighted by Crippen LogP contribution is -2.68. The van der Waals surface area contributed by atoms with Gasteiger partial charge < -0.3 is 0 Å². The molecule has 0 N–H and O–H groups in total. The van der Waals surface area contributed by atoms with Crippen molar-refractivity contribution in [3.63, 3.8) is 0 Å². The maximum atomic E-state index is 8.49. The fraction of sp³-hybridized carbons (Fsp3) is 0.167. The third kappa shape index (κ3) is 4.93. The van der Waals surface area contributed by atoms with Gasteiger partial charge in [-0.15, -0.1) is 10.2 Å². The summed E-state index contributed by atoms with van der Waals surface area (Å²) in [6.07, 6.45) is 3.67. The Bertz CT molecular complexity index is 404. The molecule has 0 radical (unpaired) electrons. The molecule has 0 aliphatic rings. The molecule has 0 saturated heterocycles. The Hall–Kier alpha value is -0.900. The van der Waals surface area contributed by atoms with Crippen molar-refractivity contribution < 1.29 is 33.4 Å². The second-order valence-electron chi connectivity index (χ2n) is 2.35. The first kappa shape index (κ1) is 12.2. The summed E-state index contributed by atoms with van der Waals surface area (Å²) >= 11 is 1.59. The molecular formula is C6H6ClN3O4S. The highest BCUT2D eigenvalue weighted by molar-refractivity contribution is 7.16. The van der Waals surface area contributed by atoms with Crippen LogP contribution < -0.4 is 23.2 Å². The number of aryl methyl sites for hydroxylation is 1. The van der Waals surface area contributed by atoms with E-state index in [0.717, 1.165) is 9.97 Å². The molecule has 15 heavy (non-hydrogen) atoms. The predicted molar refractivity (Wildman–Crippen MR) is 37.8 cm³/mol. The fourth-order valence-electron chi connectivity index (χ4n) is 0.803. The molecule has 0 spiro atoms. The average Bonchev–Trinajstić information content (AvgIpc) is 2.40. The molecule has 0 aliphatic heterocycles. The first-order valence-electron chi connectivity index (χ1n) is 3.58. The van der Waals surface area contributed by atoms with Crippen LogP contribution in [0.4, 0.5) is 0 Å². The van der Waals surface area contributed by atoms with E-state index < -0.39 is 10.2 Å². The molecule has 0 unspecified atom stereocenters. The summed E-state index contributed by atoms with van der Waals surface area (Å²) in [4.78, 5) is 5.07. The van der Waals surface area contributed by atoms with Crippen LogP contribution in [0.5, 0.6) is 0 Å². The minimum Gasteiger partial charge on any atom is -0.222 e. The average molecular weight is 252 g/mol.